The predicted octanol–water partition coefficient (Wildman–Crippen LogP) is 3.82. The molecule has 0 spiro atoms. The Hall–Kier alpha value is -0.830. The molecule has 3 heteroatoms. The molecule has 3 rings (SSSR count). The highest BCUT2D eigenvalue weighted by atomic mass is 35.5. The molecular weight excluding hydrogens is 250 g/mol. The van der Waals surface area contributed by atoms with E-state index in [1.165, 1.54) is 16.0 Å². The maximum atomic E-state index is 6.34. The standard InChI is InChI=1S/C14H14ClNS/c15-13-6-5-12(17-13)14(16)11-7-9-3-1-2-4-10(9)8-11/h1-6,11,14H,7-8,16H2. The van der Waals surface area contributed by atoms with Gasteiger partial charge in [-0.05, 0) is 42.0 Å². The Morgan fingerprint density at radius 2 is 1.76 bits per heavy atom. The van der Waals surface area contributed by atoms with E-state index in [1.54, 1.807) is 11.3 Å². The molecule has 0 aliphatic heterocycles. The first-order chi connectivity index (χ1) is 8.24. The lowest BCUT2D eigenvalue weighted by Crippen LogP contribution is -2.20. The summed E-state index contributed by atoms with van der Waals surface area (Å²) in [7, 11) is 0. The molecule has 0 fully saturated rings. The van der Waals surface area contributed by atoms with Gasteiger partial charge in [0, 0.05) is 10.9 Å². The number of hydrogen-bond acceptors (Lipinski definition) is 2. The minimum atomic E-state index is 0.111. The Bertz CT molecular complexity index is 510. The van der Waals surface area contributed by atoms with E-state index in [2.05, 4.69) is 30.3 Å². The van der Waals surface area contributed by atoms with Gasteiger partial charge in [0.1, 0.15) is 0 Å². The van der Waals surface area contributed by atoms with Crippen molar-refractivity contribution < 1.29 is 0 Å². The summed E-state index contributed by atoms with van der Waals surface area (Å²) in [5, 5.41) is 0. The summed E-state index contributed by atoms with van der Waals surface area (Å²) < 4.78 is 0.825. The Labute approximate surface area is 110 Å². The van der Waals surface area contributed by atoms with Crippen LogP contribution < -0.4 is 5.73 Å². The van der Waals surface area contributed by atoms with E-state index in [1.807, 2.05) is 6.07 Å². The lowest BCUT2D eigenvalue weighted by Gasteiger charge is -2.17. The number of nitrogens with two attached hydrogens (primary N) is 1. The topological polar surface area (TPSA) is 26.0 Å². The molecule has 0 radical (unpaired) electrons. The SMILES string of the molecule is NC(c1ccc(Cl)s1)C1Cc2ccccc2C1. The summed E-state index contributed by atoms with van der Waals surface area (Å²) in [5.74, 6) is 0.516. The van der Waals surface area contributed by atoms with Crippen molar-refractivity contribution in [3.05, 3.63) is 56.7 Å². The van der Waals surface area contributed by atoms with Crippen molar-refractivity contribution in [3.63, 3.8) is 0 Å². The highest BCUT2D eigenvalue weighted by Crippen LogP contribution is 2.37. The van der Waals surface area contributed by atoms with Crippen LogP contribution in [0.2, 0.25) is 4.34 Å². The van der Waals surface area contributed by atoms with Crippen LogP contribution in [0.1, 0.15) is 22.0 Å². The van der Waals surface area contributed by atoms with Gasteiger partial charge in [-0.2, -0.15) is 0 Å². The number of fused-ring (bicyclic) bond motifs is 1. The average Bonchev–Trinajstić information content (AvgIpc) is 2.93. The fourth-order valence-electron chi connectivity index (χ4n) is 2.59. The largest absolute Gasteiger partial charge is 0.323 e. The Balaban J connectivity index is 1.80. The van der Waals surface area contributed by atoms with Crippen LogP contribution >= 0.6 is 22.9 Å². The van der Waals surface area contributed by atoms with Crippen molar-refractivity contribution in [2.45, 2.75) is 18.9 Å². The highest BCUT2D eigenvalue weighted by molar-refractivity contribution is 7.16. The fraction of sp³-hybridized carbons (Fsp3) is 0.286. The van der Waals surface area contributed by atoms with Gasteiger partial charge < -0.3 is 5.73 Å². The maximum absolute atomic E-state index is 6.34. The molecule has 1 aromatic heterocycles. The molecule has 0 saturated carbocycles. The zero-order valence-corrected chi connectivity index (χ0v) is 11.0. The van der Waals surface area contributed by atoms with Crippen molar-refractivity contribution in [1.29, 1.82) is 0 Å². The summed E-state index contributed by atoms with van der Waals surface area (Å²) in [6.45, 7) is 0. The molecule has 1 nitrogen and oxygen atoms in total. The molecule has 17 heavy (non-hydrogen) atoms. The Morgan fingerprint density at radius 1 is 1.12 bits per heavy atom. The summed E-state index contributed by atoms with van der Waals surface area (Å²) >= 11 is 7.57. The third-order valence-corrected chi connectivity index (χ3v) is 4.85. The zero-order chi connectivity index (χ0) is 11.8. The molecule has 1 aromatic carbocycles. The van der Waals surface area contributed by atoms with Crippen molar-refractivity contribution >= 4 is 22.9 Å². The molecule has 1 unspecified atom stereocenters. The smallest absolute Gasteiger partial charge is 0.0931 e. The second kappa shape index (κ2) is 4.45. The first kappa shape index (κ1) is 11.3. The average molecular weight is 264 g/mol. The molecule has 2 aromatic rings. The van der Waals surface area contributed by atoms with Crippen molar-refractivity contribution in [2.75, 3.05) is 0 Å². The van der Waals surface area contributed by atoms with Crippen LogP contribution in [-0.4, -0.2) is 0 Å². The normalized spacial score (nSPS) is 17.1. The molecule has 1 heterocycles. The number of halogens is 1. The van der Waals surface area contributed by atoms with Crippen molar-refractivity contribution in [2.24, 2.45) is 11.7 Å². The van der Waals surface area contributed by atoms with E-state index >= 15 is 0 Å². The summed E-state index contributed by atoms with van der Waals surface area (Å²) in [5.41, 5.74) is 9.25. The third-order valence-electron chi connectivity index (χ3n) is 3.51. The minimum absolute atomic E-state index is 0.111. The zero-order valence-electron chi connectivity index (χ0n) is 9.40. The van der Waals surface area contributed by atoms with E-state index in [0.717, 1.165) is 17.2 Å². The lowest BCUT2D eigenvalue weighted by atomic mass is 9.96. The molecule has 88 valence electrons. The van der Waals surface area contributed by atoms with Gasteiger partial charge in [-0.15, -0.1) is 11.3 Å². The first-order valence-electron chi connectivity index (χ1n) is 5.81. The Morgan fingerprint density at radius 3 is 2.29 bits per heavy atom. The summed E-state index contributed by atoms with van der Waals surface area (Å²) in [6, 6.07) is 12.7. The summed E-state index contributed by atoms with van der Waals surface area (Å²) in [4.78, 5) is 1.20. The van der Waals surface area contributed by atoms with Gasteiger partial charge in [0.25, 0.3) is 0 Å². The third kappa shape index (κ3) is 2.13. The van der Waals surface area contributed by atoms with E-state index in [0.29, 0.717) is 5.92 Å². The second-order valence-corrected chi connectivity index (χ2v) is 6.35. The summed E-state index contributed by atoms with van der Waals surface area (Å²) in [6.07, 6.45) is 2.18. The van der Waals surface area contributed by atoms with Gasteiger partial charge in [0.15, 0.2) is 0 Å². The van der Waals surface area contributed by atoms with Gasteiger partial charge in [0.2, 0.25) is 0 Å². The number of benzene rings is 1. The monoisotopic (exact) mass is 263 g/mol. The molecule has 0 amide bonds. The van der Waals surface area contributed by atoms with Gasteiger partial charge in [-0.25, -0.2) is 0 Å². The molecule has 0 saturated heterocycles. The molecule has 2 N–H and O–H groups in total. The van der Waals surface area contributed by atoms with E-state index in [4.69, 9.17) is 17.3 Å². The fourth-order valence-corrected chi connectivity index (χ4v) is 3.74. The van der Waals surface area contributed by atoms with Crippen LogP contribution in [0, 0.1) is 5.92 Å². The van der Waals surface area contributed by atoms with Crippen molar-refractivity contribution in [3.8, 4) is 0 Å². The molecule has 1 aliphatic carbocycles. The number of thiophene rings is 1. The van der Waals surface area contributed by atoms with Crippen LogP contribution in [-0.2, 0) is 12.8 Å². The maximum Gasteiger partial charge on any atom is 0.0931 e. The molecular formula is C14H14ClNS. The van der Waals surface area contributed by atoms with Gasteiger partial charge in [-0.1, -0.05) is 35.9 Å². The molecule has 0 bridgehead atoms. The van der Waals surface area contributed by atoms with Crippen LogP contribution in [0.4, 0.5) is 0 Å². The van der Waals surface area contributed by atoms with Crippen LogP contribution in [0.5, 0.6) is 0 Å². The van der Waals surface area contributed by atoms with E-state index in [9.17, 15) is 0 Å². The van der Waals surface area contributed by atoms with Crippen LogP contribution in [0.25, 0.3) is 0 Å². The molecule has 1 atom stereocenters. The molecule has 1 aliphatic rings. The van der Waals surface area contributed by atoms with Crippen LogP contribution in [0.3, 0.4) is 0 Å². The van der Waals surface area contributed by atoms with Gasteiger partial charge in [0.05, 0.1) is 4.34 Å². The highest BCUT2D eigenvalue weighted by Gasteiger charge is 2.27. The first-order valence-corrected chi connectivity index (χ1v) is 7.01. The second-order valence-electron chi connectivity index (χ2n) is 4.60. The van der Waals surface area contributed by atoms with Gasteiger partial charge in [-0.3, -0.25) is 0 Å². The van der Waals surface area contributed by atoms with Crippen LogP contribution in [0.15, 0.2) is 36.4 Å². The predicted molar refractivity (Wildman–Crippen MR) is 73.6 cm³/mol. The quantitative estimate of drug-likeness (QED) is 0.876. The minimum Gasteiger partial charge on any atom is -0.323 e. The van der Waals surface area contributed by atoms with E-state index in [-0.39, 0.29) is 6.04 Å². The van der Waals surface area contributed by atoms with Gasteiger partial charge >= 0.3 is 0 Å². The lowest BCUT2D eigenvalue weighted by molar-refractivity contribution is 0.459. The van der Waals surface area contributed by atoms with E-state index < -0.39 is 0 Å². The van der Waals surface area contributed by atoms with Crippen molar-refractivity contribution in [1.82, 2.24) is 0 Å². The Kier molecular flexibility index (Phi) is 2.95. The number of rotatable bonds is 2. The number of hydrogen-bond donors (Lipinski definition) is 1.